The standard InChI is InChI=1S/C14H17N3O3S/c1-9-13(17(18)19)14(16(3)15-9)21-10(2)11-7-5-6-8-12(11)20-4/h5-8,10H,1-4H3/t10-/m1/s1. The van der Waals surface area contributed by atoms with Gasteiger partial charge in [-0.05, 0) is 19.9 Å². The summed E-state index contributed by atoms with van der Waals surface area (Å²) < 4.78 is 6.91. The quantitative estimate of drug-likeness (QED) is 0.480. The Labute approximate surface area is 127 Å². The average molecular weight is 307 g/mol. The second-order valence-corrected chi connectivity index (χ2v) is 5.95. The maximum atomic E-state index is 11.2. The first-order chi connectivity index (χ1) is 9.95. The maximum absolute atomic E-state index is 11.2. The van der Waals surface area contributed by atoms with Gasteiger partial charge in [-0.25, -0.2) is 0 Å². The van der Waals surface area contributed by atoms with Crippen molar-refractivity contribution in [1.82, 2.24) is 9.78 Å². The van der Waals surface area contributed by atoms with Gasteiger partial charge in [0.1, 0.15) is 11.4 Å². The monoisotopic (exact) mass is 307 g/mol. The van der Waals surface area contributed by atoms with Crippen molar-refractivity contribution in [2.75, 3.05) is 7.11 Å². The maximum Gasteiger partial charge on any atom is 0.323 e. The summed E-state index contributed by atoms with van der Waals surface area (Å²) in [6.45, 7) is 3.64. The third-order valence-corrected chi connectivity index (χ3v) is 4.48. The molecule has 0 aliphatic rings. The fraction of sp³-hybridized carbons (Fsp3) is 0.357. The molecule has 0 bridgehead atoms. The summed E-state index contributed by atoms with van der Waals surface area (Å²) >= 11 is 1.41. The number of hydrogen-bond donors (Lipinski definition) is 0. The van der Waals surface area contributed by atoms with Gasteiger partial charge in [0.15, 0.2) is 5.03 Å². The zero-order chi connectivity index (χ0) is 15.6. The molecule has 1 aromatic carbocycles. The van der Waals surface area contributed by atoms with Gasteiger partial charge < -0.3 is 4.74 Å². The van der Waals surface area contributed by atoms with Crippen molar-refractivity contribution in [1.29, 1.82) is 0 Å². The number of rotatable bonds is 5. The average Bonchev–Trinajstić information content (AvgIpc) is 2.73. The van der Waals surface area contributed by atoms with Crippen LogP contribution in [0.2, 0.25) is 0 Å². The molecular weight excluding hydrogens is 290 g/mol. The molecule has 112 valence electrons. The number of hydrogen-bond acceptors (Lipinski definition) is 5. The summed E-state index contributed by atoms with van der Waals surface area (Å²) in [6, 6.07) is 7.68. The highest BCUT2D eigenvalue weighted by Gasteiger charge is 2.26. The molecule has 2 rings (SSSR count). The Morgan fingerprint density at radius 3 is 2.71 bits per heavy atom. The number of nitrogens with zero attached hydrogens (tertiary/aromatic N) is 3. The van der Waals surface area contributed by atoms with Crippen molar-refractivity contribution in [3.05, 3.63) is 45.6 Å². The van der Waals surface area contributed by atoms with E-state index in [0.717, 1.165) is 11.3 Å². The summed E-state index contributed by atoms with van der Waals surface area (Å²) in [5.41, 5.74) is 1.50. The van der Waals surface area contributed by atoms with E-state index in [2.05, 4.69) is 5.10 Å². The third kappa shape index (κ3) is 3.02. The Hall–Kier alpha value is -2.02. The van der Waals surface area contributed by atoms with Crippen molar-refractivity contribution in [3.63, 3.8) is 0 Å². The van der Waals surface area contributed by atoms with E-state index in [9.17, 15) is 10.1 Å². The van der Waals surface area contributed by atoms with Crippen molar-refractivity contribution >= 4 is 17.4 Å². The van der Waals surface area contributed by atoms with E-state index in [1.807, 2.05) is 31.2 Å². The molecule has 0 radical (unpaired) electrons. The number of ether oxygens (including phenoxy) is 1. The van der Waals surface area contributed by atoms with Crippen LogP contribution in [0.4, 0.5) is 5.69 Å². The van der Waals surface area contributed by atoms with Crippen LogP contribution in [0.3, 0.4) is 0 Å². The van der Waals surface area contributed by atoms with Crippen LogP contribution in [-0.2, 0) is 7.05 Å². The van der Waals surface area contributed by atoms with Gasteiger partial charge in [0.2, 0.25) is 0 Å². The minimum atomic E-state index is -0.375. The van der Waals surface area contributed by atoms with Crippen LogP contribution < -0.4 is 4.74 Å². The van der Waals surface area contributed by atoms with Crippen molar-refractivity contribution in [3.8, 4) is 5.75 Å². The number of aryl methyl sites for hydroxylation is 2. The first kappa shape index (κ1) is 15.4. The van der Waals surface area contributed by atoms with Crippen LogP contribution in [0.1, 0.15) is 23.4 Å². The molecule has 7 heteroatoms. The summed E-state index contributed by atoms with van der Waals surface area (Å²) in [7, 11) is 3.34. The van der Waals surface area contributed by atoms with Gasteiger partial charge in [0, 0.05) is 17.9 Å². The predicted octanol–water partition coefficient (Wildman–Crippen LogP) is 3.50. The smallest absolute Gasteiger partial charge is 0.323 e. The van der Waals surface area contributed by atoms with Crippen LogP contribution in [-0.4, -0.2) is 21.8 Å². The molecule has 0 spiro atoms. The SMILES string of the molecule is COc1ccccc1[C@@H](C)Sc1c([N+](=O)[O-])c(C)nn1C. The van der Waals surface area contributed by atoms with E-state index in [0.29, 0.717) is 10.7 Å². The normalized spacial score (nSPS) is 12.2. The highest BCUT2D eigenvalue weighted by Crippen LogP contribution is 2.42. The van der Waals surface area contributed by atoms with Gasteiger partial charge in [-0.3, -0.25) is 14.8 Å². The highest BCUT2D eigenvalue weighted by atomic mass is 32.2. The second-order valence-electron chi connectivity index (χ2n) is 4.62. The lowest BCUT2D eigenvalue weighted by Crippen LogP contribution is -1.99. The lowest BCUT2D eigenvalue weighted by atomic mass is 10.1. The number of thioether (sulfide) groups is 1. The molecule has 0 N–H and O–H groups in total. The lowest BCUT2D eigenvalue weighted by Gasteiger charge is -2.14. The van der Waals surface area contributed by atoms with Gasteiger partial charge >= 0.3 is 5.69 Å². The highest BCUT2D eigenvalue weighted by molar-refractivity contribution is 7.99. The van der Waals surface area contributed by atoms with E-state index in [-0.39, 0.29) is 15.9 Å². The molecule has 0 fully saturated rings. The lowest BCUT2D eigenvalue weighted by molar-refractivity contribution is -0.388. The van der Waals surface area contributed by atoms with Crippen molar-refractivity contribution in [2.45, 2.75) is 24.1 Å². The van der Waals surface area contributed by atoms with Crippen LogP contribution in [0.15, 0.2) is 29.3 Å². The van der Waals surface area contributed by atoms with Crippen LogP contribution >= 0.6 is 11.8 Å². The molecular formula is C14H17N3O3S. The molecule has 0 aliphatic carbocycles. The van der Waals surface area contributed by atoms with E-state index >= 15 is 0 Å². The molecule has 2 aromatic rings. The molecule has 0 aliphatic heterocycles. The number of methoxy groups -OCH3 is 1. The topological polar surface area (TPSA) is 70.2 Å². The summed E-state index contributed by atoms with van der Waals surface area (Å²) in [5, 5.41) is 15.9. The summed E-state index contributed by atoms with van der Waals surface area (Å²) in [4.78, 5) is 10.8. The van der Waals surface area contributed by atoms with Crippen LogP contribution in [0, 0.1) is 17.0 Å². The molecule has 1 aromatic heterocycles. The molecule has 0 saturated heterocycles. The number of benzene rings is 1. The summed E-state index contributed by atoms with van der Waals surface area (Å²) in [6.07, 6.45) is 0. The van der Waals surface area contributed by atoms with Gasteiger partial charge in [0.05, 0.1) is 12.0 Å². The third-order valence-electron chi connectivity index (χ3n) is 3.19. The molecule has 1 heterocycles. The van der Waals surface area contributed by atoms with Gasteiger partial charge in [-0.2, -0.15) is 5.10 Å². The number of aromatic nitrogens is 2. The van der Waals surface area contributed by atoms with Gasteiger partial charge in [0.25, 0.3) is 0 Å². The fourth-order valence-electron chi connectivity index (χ4n) is 2.20. The largest absolute Gasteiger partial charge is 0.496 e. The van der Waals surface area contributed by atoms with Crippen LogP contribution in [0.25, 0.3) is 0 Å². The zero-order valence-electron chi connectivity index (χ0n) is 12.4. The van der Waals surface area contributed by atoms with E-state index in [1.54, 1.807) is 25.8 Å². The Kier molecular flexibility index (Phi) is 4.52. The van der Waals surface area contributed by atoms with E-state index < -0.39 is 0 Å². The minimum absolute atomic E-state index is 0.00894. The number of para-hydroxylation sites is 1. The Bertz CT molecular complexity index is 669. The van der Waals surface area contributed by atoms with Gasteiger partial charge in [-0.1, -0.05) is 30.0 Å². The molecule has 1 atom stereocenters. The Morgan fingerprint density at radius 1 is 1.43 bits per heavy atom. The minimum Gasteiger partial charge on any atom is -0.496 e. The van der Waals surface area contributed by atoms with Crippen molar-refractivity contribution in [2.24, 2.45) is 7.05 Å². The van der Waals surface area contributed by atoms with Crippen molar-refractivity contribution < 1.29 is 9.66 Å². The molecule has 0 unspecified atom stereocenters. The number of nitro groups is 1. The predicted molar refractivity (Wildman–Crippen MR) is 81.9 cm³/mol. The molecule has 6 nitrogen and oxygen atoms in total. The fourth-order valence-corrected chi connectivity index (χ4v) is 3.39. The zero-order valence-corrected chi connectivity index (χ0v) is 13.2. The molecule has 0 saturated carbocycles. The molecule has 0 amide bonds. The van der Waals surface area contributed by atoms with E-state index in [4.69, 9.17) is 4.74 Å². The second kappa shape index (κ2) is 6.17. The Balaban J connectivity index is 2.36. The summed E-state index contributed by atoms with van der Waals surface area (Å²) in [5.74, 6) is 0.777. The molecule has 21 heavy (non-hydrogen) atoms. The first-order valence-electron chi connectivity index (χ1n) is 6.43. The van der Waals surface area contributed by atoms with E-state index in [1.165, 1.54) is 11.8 Å². The van der Waals surface area contributed by atoms with Gasteiger partial charge in [-0.15, -0.1) is 0 Å². The Morgan fingerprint density at radius 2 is 2.10 bits per heavy atom. The van der Waals surface area contributed by atoms with Crippen LogP contribution in [0.5, 0.6) is 5.75 Å². The first-order valence-corrected chi connectivity index (χ1v) is 7.31.